The third-order valence-corrected chi connectivity index (χ3v) is 6.62. The Morgan fingerprint density at radius 3 is 2.44 bits per heavy atom. The molecule has 0 bridgehead atoms. The first-order chi connectivity index (χ1) is 19.0. The van der Waals surface area contributed by atoms with Gasteiger partial charge in [0, 0.05) is 49.5 Å². The van der Waals surface area contributed by atoms with Gasteiger partial charge in [-0.05, 0) is 54.8 Å². The Kier molecular flexibility index (Phi) is 9.33. The molecule has 0 atom stereocenters. The van der Waals surface area contributed by atoms with Crippen molar-refractivity contribution >= 4 is 28.5 Å². The topological polar surface area (TPSA) is 101 Å². The van der Waals surface area contributed by atoms with E-state index in [2.05, 4.69) is 22.4 Å². The van der Waals surface area contributed by atoms with E-state index < -0.39 is 6.03 Å². The van der Waals surface area contributed by atoms with E-state index in [1.165, 1.54) is 4.90 Å². The van der Waals surface area contributed by atoms with E-state index in [4.69, 9.17) is 10.00 Å². The number of aryl methyl sites for hydroxylation is 1. The average molecular weight is 524 g/mol. The molecule has 0 aliphatic rings. The molecule has 0 aliphatic heterocycles. The minimum absolute atomic E-state index is 0.0920. The van der Waals surface area contributed by atoms with Gasteiger partial charge >= 0.3 is 6.03 Å². The Morgan fingerprint density at radius 2 is 1.72 bits per heavy atom. The Labute approximate surface area is 228 Å². The molecule has 0 spiro atoms. The lowest BCUT2D eigenvalue weighted by atomic mass is 10.1. The number of carbonyl (C=O) groups excluding carboxylic acids is 2. The highest BCUT2D eigenvalue weighted by Gasteiger charge is 2.22. The van der Waals surface area contributed by atoms with Crippen LogP contribution in [0.4, 0.5) is 10.5 Å². The van der Waals surface area contributed by atoms with E-state index in [0.717, 1.165) is 27.6 Å². The van der Waals surface area contributed by atoms with Crippen molar-refractivity contribution in [2.75, 3.05) is 38.7 Å². The number of fused-ring (bicyclic) bond motifs is 1. The van der Waals surface area contributed by atoms with Crippen LogP contribution in [-0.4, -0.2) is 60.1 Å². The third-order valence-electron chi connectivity index (χ3n) is 6.62. The SMILES string of the molecule is COCCN(CC(=O)N(CCc1c[nH]c2ccccc12)Cc1ccc(C)cc1)C(=O)Nc1ccc(C#N)cc1. The number of nitriles is 1. The monoisotopic (exact) mass is 523 g/mol. The molecule has 1 heterocycles. The molecule has 1 aromatic heterocycles. The molecule has 4 rings (SSSR count). The molecule has 0 fully saturated rings. The first-order valence-electron chi connectivity index (χ1n) is 12.9. The van der Waals surface area contributed by atoms with Crippen LogP contribution in [0.5, 0.6) is 0 Å². The minimum Gasteiger partial charge on any atom is -0.383 e. The molecule has 8 heteroatoms. The highest BCUT2D eigenvalue weighted by molar-refractivity contribution is 5.92. The minimum atomic E-state index is -0.406. The summed E-state index contributed by atoms with van der Waals surface area (Å²) in [6, 6.07) is 24.5. The van der Waals surface area contributed by atoms with Gasteiger partial charge in [0.25, 0.3) is 0 Å². The van der Waals surface area contributed by atoms with Crippen molar-refractivity contribution in [1.82, 2.24) is 14.8 Å². The number of hydrogen-bond acceptors (Lipinski definition) is 4. The van der Waals surface area contributed by atoms with Gasteiger partial charge in [-0.3, -0.25) is 4.79 Å². The summed E-state index contributed by atoms with van der Waals surface area (Å²) in [7, 11) is 1.56. The lowest BCUT2D eigenvalue weighted by Gasteiger charge is -2.28. The quantitative estimate of drug-likeness (QED) is 0.286. The maximum Gasteiger partial charge on any atom is 0.322 e. The van der Waals surface area contributed by atoms with Crippen LogP contribution >= 0.6 is 0 Å². The molecule has 0 saturated carbocycles. The number of ether oxygens (including phenoxy) is 1. The Bertz CT molecular complexity index is 1440. The molecule has 0 unspecified atom stereocenters. The predicted molar refractivity (Wildman–Crippen MR) is 152 cm³/mol. The van der Waals surface area contributed by atoms with Crippen LogP contribution in [0, 0.1) is 18.3 Å². The van der Waals surface area contributed by atoms with Crippen LogP contribution in [0.3, 0.4) is 0 Å². The number of amides is 3. The molecule has 2 N–H and O–H groups in total. The number of H-pyrrole nitrogens is 1. The van der Waals surface area contributed by atoms with Crippen molar-refractivity contribution in [2.24, 2.45) is 0 Å². The van der Waals surface area contributed by atoms with Gasteiger partial charge in [-0.2, -0.15) is 5.26 Å². The molecule has 4 aromatic rings. The zero-order chi connectivity index (χ0) is 27.6. The molecule has 200 valence electrons. The third kappa shape index (κ3) is 7.46. The Morgan fingerprint density at radius 1 is 0.974 bits per heavy atom. The van der Waals surface area contributed by atoms with E-state index >= 15 is 0 Å². The predicted octanol–water partition coefficient (Wildman–Crippen LogP) is 5.10. The highest BCUT2D eigenvalue weighted by atomic mass is 16.5. The molecule has 3 amide bonds. The summed E-state index contributed by atoms with van der Waals surface area (Å²) in [5.41, 5.74) is 5.43. The summed E-state index contributed by atoms with van der Waals surface area (Å²) in [6.45, 7) is 3.43. The van der Waals surface area contributed by atoms with Gasteiger partial charge in [0.1, 0.15) is 6.54 Å². The largest absolute Gasteiger partial charge is 0.383 e. The van der Waals surface area contributed by atoms with Gasteiger partial charge in [-0.1, -0.05) is 48.0 Å². The second-order valence-electron chi connectivity index (χ2n) is 9.44. The Balaban J connectivity index is 1.50. The lowest BCUT2D eigenvalue weighted by molar-refractivity contribution is -0.132. The second kappa shape index (κ2) is 13.3. The van der Waals surface area contributed by atoms with Gasteiger partial charge < -0.3 is 24.8 Å². The fourth-order valence-electron chi connectivity index (χ4n) is 4.35. The molecule has 0 radical (unpaired) electrons. The van der Waals surface area contributed by atoms with Crippen molar-refractivity contribution in [3.63, 3.8) is 0 Å². The highest BCUT2D eigenvalue weighted by Crippen LogP contribution is 2.19. The zero-order valence-corrected chi connectivity index (χ0v) is 22.3. The number of aromatic amines is 1. The van der Waals surface area contributed by atoms with Crippen LogP contribution in [-0.2, 0) is 22.5 Å². The maximum atomic E-state index is 13.7. The summed E-state index contributed by atoms with van der Waals surface area (Å²) in [5, 5.41) is 13.0. The van der Waals surface area contributed by atoms with Crippen LogP contribution in [0.25, 0.3) is 10.9 Å². The summed E-state index contributed by atoms with van der Waals surface area (Å²) in [5.74, 6) is -0.151. The number of anilines is 1. The summed E-state index contributed by atoms with van der Waals surface area (Å²) in [6.07, 6.45) is 2.67. The average Bonchev–Trinajstić information content (AvgIpc) is 3.37. The number of rotatable bonds is 11. The van der Waals surface area contributed by atoms with Gasteiger partial charge in [0.2, 0.25) is 5.91 Å². The molecular weight excluding hydrogens is 490 g/mol. The van der Waals surface area contributed by atoms with Gasteiger partial charge in [-0.25, -0.2) is 4.79 Å². The van der Waals surface area contributed by atoms with Gasteiger partial charge in [-0.15, -0.1) is 0 Å². The number of aromatic nitrogens is 1. The van der Waals surface area contributed by atoms with E-state index in [-0.39, 0.29) is 19.0 Å². The Hall–Kier alpha value is -4.61. The first kappa shape index (κ1) is 27.4. The van der Waals surface area contributed by atoms with Crippen molar-refractivity contribution < 1.29 is 14.3 Å². The summed E-state index contributed by atoms with van der Waals surface area (Å²) < 4.78 is 5.20. The van der Waals surface area contributed by atoms with Crippen molar-refractivity contribution in [3.05, 3.63) is 101 Å². The molecule has 39 heavy (non-hydrogen) atoms. The standard InChI is InChI=1S/C31H33N5O3/c1-23-7-9-25(10-8-23)21-35(16-15-26-20-33-29-6-4-3-5-28(26)29)30(37)22-36(17-18-39-2)31(38)34-27-13-11-24(19-32)12-14-27/h3-14,20,33H,15-18,21-22H2,1-2H3,(H,34,38). The number of carbonyl (C=O) groups is 2. The molecular formula is C31H33N5O3. The van der Waals surface area contributed by atoms with Crippen LogP contribution in [0.2, 0.25) is 0 Å². The number of hydrogen-bond donors (Lipinski definition) is 2. The lowest BCUT2D eigenvalue weighted by Crippen LogP contribution is -2.46. The zero-order valence-electron chi connectivity index (χ0n) is 22.3. The number of urea groups is 1. The maximum absolute atomic E-state index is 13.7. The molecule has 0 aliphatic carbocycles. The molecule has 0 saturated heterocycles. The van der Waals surface area contributed by atoms with E-state index in [1.807, 2.05) is 55.6 Å². The van der Waals surface area contributed by atoms with E-state index in [0.29, 0.717) is 37.4 Å². The van der Waals surface area contributed by atoms with E-state index in [1.54, 1.807) is 36.3 Å². The van der Waals surface area contributed by atoms with Crippen LogP contribution in [0.15, 0.2) is 79.0 Å². The number of para-hydroxylation sites is 1. The normalized spacial score (nSPS) is 10.7. The number of nitrogens with one attached hydrogen (secondary N) is 2. The fourth-order valence-corrected chi connectivity index (χ4v) is 4.35. The number of nitrogens with zero attached hydrogens (tertiary/aromatic N) is 3. The van der Waals surface area contributed by atoms with Crippen molar-refractivity contribution in [3.8, 4) is 6.07 Å². The fraction of sp³-hybridized carbons (Fsp3) is 0.258. The van der Waals surface area contributed by atoms with Gasteiger partial charge in [0.15, 0.2) is 0 Å². The number of methoxy groups -OCH3 is 1. The van der Waals surface area contributed by atoms with E-state index in [9.17, 15) is 9.59 Å². The van der Waals surface area contributed by atoms with Crippen LogP contribution in [0.1, 0.15) is 22.3 Å². The van der Waals surface area contributed by atoms with Gasteiger partial charge in [0.05, 0.1) is 18.2 Å². The summed E-state index contributed by atoms with van der Waals surface area (Å²) >= 11 is 0. The molecule has 3 aromatic carbocycles. The summed E-state index contributed by atoms with van der Waals surface area (Å²) in [4.78, 5) is 33.4. The first-order valence-corrected chi connectivity index (χ1v) is 12.9. The van der Waals surface area contributed by atoms with Crippen LogP contribution < -0.4 is 5.32 Å². The number of benzene rings is 3. The van der Waals surface area contributed by atoms with Crippen molar-refractivity contribution in [2.45, 2.75) is 19.9 Å². The van der Waals surface area contributed by atoms with Crippen molar-refractivity contribution in [1.29, 1.82) is 5.26 Å². The second-order valence-corrected chi connectivity index (χ2v) is 9.44. The molecule has 8 nitrogen and oxygen atoms in total. The smallest absolute Gasteiger partial charge is 0.322 e.